The van der Waals surface area contributed by atoms with E-state index in [-0.39, 0.29) is 11.8 Å². The van der Waals surface area contributed by atoms with E-state index in [9.17, 15) is 4.79 Å². The number of thiophene rings is 1. The molecule has 1 fully saturated rings. The fraction of sp³-hybridized carbons (Fsp3) is 0.471. The van der Waals surface area contributed by atoms with Gasteiger partial charge in [0, 0.05) is 40.1 Å². The number of hydrogen-bond donors (Lipinski definition) is 0. The molecule has 0 bridgehead atoms. The quantitative estimate of drug-likeness (QED) is 0.874. The highest BCUT2D eigenvalue weighted by Gasteiger charge is 2.29. The summed E-state index contributed by atoms with van der Waals surface area (Å²) in [6.45, 7) is 7.61. The third-order valence-electron chi connectivity index (χ3n) is 4.03. The van der Waals surface area contributed by atoms with Gasteiger partial charge in [0.05, 0.1) is 6.42 Å². The molecule has 2 aromatic rings. The second-order valence-electron chi connectivity index (χ2n) is 6.02. The number of rotatable bonds is 3. The van der Waals surface area contributed by atoms with Crippen molar-refractivity contribution in [3.63, 3.8) is 0 Å². The molecule has 0 N–H and O–H groups in total. The zero-order valence-electron chi connectivity index (χ0n) is 13.3. The monoisotopic (exact) mass is 315 g/mol. The van der Waals surface area contributed by atoms with Gasteiger partial charge in [-0.2, -0.15) is 0 Å². The van der Waals surface area contributed by atoms with Gasteiger partial charge < -0.3 is 4.90 Å². The minimum Gasteiger partial charge on any atom is -0.342 e. The highest BCUT2D eigenvalue weighted by Crippen LogP contribution is 2.26. The molecular formula is C17H21N3OS. The lowest BCUT2D eigenvalue weighted by atomic mass is 10.1. The fourth-order valence-electron chi connectivity index (χ4n) is 2.97. The number of hydrogen-bond acceptors (Lipinski definition) is 4. The van der Waals surface area contributed by atoms with E-state index in [0.29, 0.717) is 6.42 Å². The summed E-state index contributed by atoms with van der Waals surface area (Å²) in [5.41, 5.74) is 2.00. The average molecular weight is 315 g/mol. The van der Waals surface area contributed by atoms with Gasteiger partial charge in [0.1, 0.15) is 5.82 Å². The van der Waals surface area contributed by atoms with Crippen molar-refractivity contribution in [3.05, 3.63) is 45.2 Å². The smallest absolute Gasteiger partial charge is 0.227 e. The van der Waals surface area contributed by atoms with Crippen molar-refractivity contribution in [2.75, 3.05) is 13.1 Å². The molecule has 2 aromatic heterocycles. The summed E-state index contributed by atoms with van der Waals surface area (Å²) >= 11 is 1.70. The molecule has 116 valence electrons. The topological polar surface area (TPSA) is 46.1 Å². The van der Waals surface area contributed by atoms with Crippen LogP contribution in [0.4, 0.5) is 0 Å². The zero-order valence-corrected chi connectivity index (χ0v) is 14.1. The van der Waals surface area contributed by atoms with Crippen LogP contribution in [0.3, 0.4) is 0 Å². The first-order valence-electron chi connectivity index (χ1n) is 7.66. The number of aryl methyl sites for hydroxylation is 3. The second kappa shape index (κ2) is 6.16. The molecule has 0 aliphatic carbocycles. The first-order valence-corrected chi connectivity index (χ1v) is 8.48. The molecule has 1 aliphatic heterocycles. The predicted octanol–water partition coefficient (Wildman–Crippen LogP) is 3.02. The Balaban J connectivity index is 1.65. The molecule has 0 unspecified atom stereocenters. The molecule has 0 spiro atoms. The Hall–Kier alpha value is -1.75. The average Bonchev–Trinajstić information content (AvgIpc) is 3.07. The molecule has 3 rings (SSSR count). The van der Waals surface area contributed by atoms with Crippen LogP contribution >= 0.6 is 11.3 Å². The molecule has 1 aliphatic rings. The summed E-state index contributed by atoms with van der Waals surface area (Å²) in [6, 6.07) is 6.11. The highest BCUT2D eigenvalue weighted by molar-refractivity contribution is 7.12. The van der Waals surface area contributed by atoms with Gasteiger partial charge in [-0.05, 0) is 45.4 Å². The van der Waals surface area contributed by atoms with E-state index in [1.54, 1.807) is 11.3 Å². The summed E-state index contributed by atoms with van der Waals surface area (Å²) < 4.78 is 0. The third kappa shape index (κ3) is 3.35. The fourth-order valence-corrected chi connectivity index (χ4v) is 3.86. The van der Waals surface area contributed by atoms with Crippen LogP contribution in [0.25, 0.3) is 0 Å². The van der Waals surface area contributed by atoms with Gasteiger partial charge in [-0.1, -0.05) is 0 Å². The molecule has 5 heteroatoms. The Bertz CT molecular complexity index is 675. The predicted molar refractivity (Wildman–Crippen MR) is 88.2 cm³/mol. The van der Waals surface area contributed by atoms with E-state index in [1.807, 2.05) is 24.8 Å². The Morgan fingerprint density at radius 2 is 2.00 bits per heavy atom. The van der Waals surface area contributed by atoms with Crippen molar-refractivity contribution in [2.24, 2.45) is 0 Å². The van der Waals surface area contributed by atoms with Crippen LogP contribution in [0, 0.1) is 20.8 Å². The summed E-state index contributed by atoms with van der Waals surface area (Å²) in [7, 11) is 0. The van der Waals surface area contributed by atoms with Crippen molar-refractivity contribution in [1.82, 2.24) is 14.9 Å². The molecule has 0 radical (unpaired) electrons. The Labute approximate surface area is 135 Å². The Kier molecular flexibility index (Phi) is 4.25. The Morgan fingerprint density at radius 1 is 1.27 bits per heavy atom. The molecule has 1 amide bonds. The summed E-state index contributed by atoms with van der Waals surface area (Å²) in [5.74, 6) is 1.38. The van der Waals surface area contributed by atoms with Crippen molar-refractivity contribution in [1.29, 1.82) is 0 Å². The molecule has 4 nitrogen and oxygen atoms in total. The number of nitrogens with zero attached hydrogens (tertiary/aromatic N) is 3. The van der Waals surface area contributed by atoms with Crippen LogP contribution in [0.15, 0.2) is 18.2 Å². The normalized spacial score (nSPS) is 18.0. The Morgan fingerprint density at radius 3 is 2.64 bits per heavy atom. The SMILES string of the molecule is Cc1cc(C)nc([C@@H]2CCN(C(=O)Cc3ccc(C)s3)C2)n1. The van der Waals surface area contributed by atoms with Gasteiger partial charge in [0.15, 0.2) is 0 Å². The number of carbonyl (C=O) groups is 1. The molecule has 0 aromatic carbocycles. The van der Waals surface area contributed by atoms with Gasteiger partial charge in [0.25, 0.3) is 0 Å². The lowest BCUT2D eigenvalue weighted by Crippen LogP contribution is -2.29. The minimum atomic E-state index is 0.216. The highest BCUT2D eigenvalue weighted by atomic mass is 32.1. The van der Waals surface area contributed by atoms with Gasteiger partial charge in [-0.3, -0.25) is 4.79 Å². The van der Waals surface area contributed by atoms with Crippen LogP contribution < -0.4 is 0 Å². The molecule has 1 saturated heterocycles. The largest absolute Gasteiger partial charge is 0.342 e. The molecule has 22 heavy (non-hydrogen) atoms. The zero-order chi connectivity index (χ0) is 15.7. The maximum absolute atomic E-state index is 12.4. The number of carbonyl (C=O) groups excluding carboxylic acids is 1. The first kappa shape index (κ1) is 15.2. The first-order chi connectivity index (χ1) is 10.5. The van der Waals surface area contributed by atoms with Crippen molar-refractivity contribution in [2.45, 2.75) is 39.5 Å². The van der Waals surface area contributed by atoms with E-state index in [0.717, 1.165) is 41.6 Å². The summed E-state index contributed by atoms with van der Waals surface area (Å²) in [4.78, 5) is 25.9. The van der Waals surface area contributed by atoms with Gasteiger partial charge in [0.2, 0.25) is 5.91 Å². The van der Waals surface area contributed by atoms with Crippen LogP contribution in [-0.2, 0) is 11.2 Å². The number of likely N-dealkylation sites (tertiary alicyclic amines) is 1. The lowest BCUT2D eigenvalue weighted by molar-refractivity contribution is -0.129. The van der Waals surface area contributed by atoms with E-state index in [2.05, 4.69) is 29.0 Å². The van der Waals surface area contributed by atoms with Crippen molar-refractivity contribution < 1.29 is 4.79 Å². The van der Waals surface area contributed by atoms with Crippen LogP contribution in [0.1, 0.15) is 39.3 Å². The third-order valence-corrected chi connectivity index (χ3v) is 5.03. The van der Waals surface area contributed by atoms with Crippen LogP contribution in [0.2, 0.25) is 0 Å². The van der Waals surface area contributed by atoms with Gasteiger partial charge in [-0.25, -0.2) is 9.97 Å². The number of amides is 1. The standard InChI is InChI=1S/C17H21N3OS/c1-11-8-12(2)19-17(18-11)14-6-7-20(10-14)16(21)9-15-5-4-13(3)22-15/h4-5,8,14H,6-7,9-10H2,1-3H3/t14-/m1/s1. The van der Waals surface area contributed by atoms with Crippen molar-refractivity contribution >= 4 is 17.2 Å². The van der Waals surface area contributed by atoms with Crippen LogP contribution in [-0.4, -0.2) is 33.9 Å². The van der Waals surface area contributed by atoms with Crippen molar-refractivity contribution in [3.8, 4) is 0 Å². The maximum atomic E-state index is 12.4. The summed E-state index contributed by atoms with van der Waals surface area (Å²) in [6.07, 6.45) is 1.47. The molecule has 1 atom stereocenters. The van der Waals surface area contributed by atoms with Crippen LogP contribution in [0.5, 0.6) is 0 Å². The maximum Gasteiger partial charge on any atom is 0.227 e. The minimum absolute atomic E-state index is 0.216. The molecular weight excluding hydrogens is 294 g/mol. The molecule has 3 heterocycles. The summed E-state index contributed by atoms with van der Waals surface area (Å²) in [5, 5.41) is 0. The molecule has 0 saturated carbocycles. The van der Waals surface area contributed by atoms with E-state index >= 15 is 0 Å². The van der Waals surface area contributed by atoms with Gasteiger partial charge in [-0.15, -0.1) is 11.3 Å². The van der Waals surface area contributed by atoms with E-state index in [4.69, 9.17) is 0 Å². The van der Waals surface area contributed by atoms with E-state index in [1.165, 1.54) is 4.88 Å². The second-order valence-corrected chi connectivity index (χ2v) is 7.40. The van der Waals surface area contributed by atoms with E-state index < -0.39 is 0 Å². The lowest BCUT2D eigenvalue weighted by Gasteiger charge is -2.16. The van der Waals surface area contributed by atoms with Gasteiger partial charge >= 0.3 is 0 Å². The number of aromatic nitrogens is 2.